The molecule has 2 N–H and O–H groups in total. The van der Waals surface area contributed by atoms with Crippen LogP contribution in [-0.2, 0) is 10.0 Å². The van der Waals surface area contributed by atoms with Crippen molar-refractivity contribution in [1.29, 1.82) is 0 Å². The third-order valence-electron chi connectivity index (χ3n) is 2.75. The molecule has 19 heavy (non-hydrogen) atoms. The van der Waals surface area contributed by atoms with Gasteiger partial charge >= 0.3 is 5.97 Å². The second kappa shape index (κ2) is 6.40. The zero-order valence-corrected chi connectivity index (χ0v) is 12.7. The van der Waals surface area contributed by atoms with Crippen molar-refractivity contribution in [2.75, 3.05) is 18.6 Å². The van der Waals surface area contributed by atoms with Gasteiger partial charge in [-0.15, -0.1) is 0 Å². The number of nitrogens with one attached hydrogen (secondary N) is 1. The van der Waals surface area contributed by atoms with E-state index in [-0.39, 0.29) is 10.5 Å². The summed E-state index contributed by atoms with van der Waals surface area (Å²) in [6.45, 7) is 3.69. The molecule has 1 aromatic rings. The molecule has 0 unspecified atom stereocenters. The number of rotatable bonds is 6. The van der Waals surface area contributed by atoms with E-state index in [9.17, 15) is 13.2 Å². The summed E-state index contributed by atoms with van der Waals surface area (Å²) in [5.74, 6) is -0.473. The lowest BCUT2D eigenvalue weighted by molar-refractivity contribution is 0.0696. The molecule has 1 rings (SSSR count). The molecule has 5 nitrogen and oxygen atoms in total. The van der Waals surface area contributed by atoms with Crippen LogP contribution in [0.1, 0.15) is 21.5 Å². The Morgan fingerprint density at radius 3 is 2.53 bits per heavy atom. The summed E-state index contributed by atoms with van der Waals surface area (Å²) in [6.07, 6.45) is 1.88. The molecule has 0 amide bonds. The Bertz CT molecular complexity index is 582. The molecule has 0 saturated heterocycles. The second-order valence-electron chi connectivity index (χ2n) is 4.11. The number of carbonyl (C=O) groups is 1. The van der Waals surface area contributed by atoms with Gasteiger partial charge in [-0.2, -0.15) is 11.8 Å². The number of hydrogen-bond donors (Lipinski definition) is 2. The van der Waals surface area contributed by atoms with Crippen LogP contribution in [0.3, 0.4) is 0 Å². The Morgan fingerprint density at radius 1 is 1.37 bits per heavy atom. The predicted octanol–water partition coefficient (Wildman–Crippen LogP) is 1.64. The van der Waals surface area contributed by atoms with Gasteiger partial charge in [-0.05, 0) is 43.4 Å². The van der Waals surface area contributed by atoms with Crippen LogP contribution in [0.15, 0.2) is 17.0 Å². The summed E-state index contributed by atoms with van der Waals surface area (Å²) in [5, 5.41) is 8.99. The fourth-order valence-electron chi connectivity index (χ4n) is 1.59. The topological polar surface area (TPSA) is 83.5 Å². The summed E-state index contributed by atoms with van der Waals surface area (Å²) in [6, 6.07) is 2.67. The molecule has 1 aromatic carbocycles. The minimum absolute atomic E-state index is 0.0201. The third-order valence-corrected chi connectivity index (χ3v) is 4.95. The van der Waals surface area contributed by atoms with E-state index in [4.69, 9.17) is 5.11 Å². The average Bonchev–Trinajstić information content (AvgIpc) is 2.32. The molecule has 0 bridgehead atoms. The number of aromatic carboxylic acids is 1. The Kier molecular flexibility index (Phi) is 5.39. The number of carboxylic acids is 1. The highest BCUT2D eigenvalue weighted by molar-refractivity contribution is 7.98. The lowest BCUT2D eigenvalue weighted by Gasteiger charge is -2.12. The van der Waals surface area contributed by atoms with Crippen LogP contribution >= 0.6 is 11.8 Å². The lowest BCUT2D eigenvalue weighted by atomic mass is 10.1. The van der Waals surface area contributed by atoms with Gasteiger partial charge in [-0.1, -0.05) is 0 Å². The van der Waals surface area contributed by atoms with Gasteiger partial charge in [0.25, 0.3) is 0 Å². The quantitative estimate of drug-likeness (QED) is 0.781. The van der Waals surface area contributed by atoms with Crippen LogP contribution in [-0.4, -0.2) is 38.0 Å². The highest BCUT2D eigenvalue weighted by Crippen LogP contribution is 2.21. The Labute approximate surface area is 117 Å². The fourth-order valence-corrected chi connectivity index (χ4v) is 3.39. The molecule has 0 aliphatic carbocycles. The summed E-state index contributed by atoms with van der Waals surface area (Å²) in [7, 11) is -3.67. The molecule has 0 aliphatic rings. The van der Waals surface area contributed by atoms with Crippen LogP contribution < -0.4 is 4.72 Å². The van der Waals surface area contributed by atoms with Crippen molar-refractivity contribution in [3.63, 3.8) is 0 Å². The monoisotopic (exact) mass is 303 g/mol. The first-order valence-corrected chi connectivity index (χ1v) is 8.50. The average molecular weight is 303 g/mol. The molecule has 0 heterocycles. The second-order valence-corrected chi connectivity index (χ2v) is 6.83. The molecule has 0 spiro atoms. The number of carboxylic acid groups (broad SMARTS) is 1. The first kappa shape index (κ1) is 16.0. The summed E-state index contributed by atoms with van der Waals surface area (Å²) in [5.41, 5.74) is 1.19. The summed E-state index contributed by atoms with van der Waals surface area (Å²) >= 11 is 1.53. The van der Waals surface area contributed by atoms with Crippen molar-refractivity contribution in [2.45, 2.75) is 18.7 Å². The molecular weight excluding hydrogens is 286 g/mol. The molecule has 0 aromatic heterocycles. The van der Waals surface area contributed by atoms with E-state index in [0.717, 1.165) is 0 Å². The molecule has 0 fully saturated rings. The number of thioether (sulfide) groups is 1. The van der Waals surface area contributed by atoms with Gasteiger partial charge in [0.1, 0.15) is 0 Å². The summed E-state index contributed by atoms with van der Waals surface area (Å²) in [4.78, 5) is 11.0. The number of aryl methyl sites for hydroxylation is 1. The normalized spacial score (nSPS) is 11.5. The van der Waals surface area contributed by atoms with Crippen molar-refractivity contribution in [1.82, 2.24) is 4.72 Å². The molecule has 0 radical (unpaired) electrons. The minimum Gasteiger partial charge on any atom is -0.478 e. The van der Waals surface area contributed by atoms with E-state index in [2.05, 4.69) is 4.72 Å². The van der Waals surface area contributed by atoms with Crippen molar-refractivity contribution < 1.29 is 18.3 Å². The molecule has 7 heteroatoms. The maximum atomic E-state index is 12.1. The van der Waals surface area contributed by atoms with Crippen LogP contribution in [0.25, 0.3) is 0 Å². The number of sulfonamides is 1. The van der Waals surface area contributed by atoms with Gasteiger partial charge in [0.2, 0.25) is 10.0 Å². The van der Waals surface area contributed by atoms with Crippen molar-refractivity contribution >= 4 is 27.8 Å². The van der Waals surface area contributed by atoms with Crippen molar-refractivity contribution in [3.8, 4) is 0 Å². The molecular formula is C12H17NO4S2. The van der Waals surface area contributed by atoms with E-state index >= 15 is 0 Å². The Morgan fingerprint density at radius 2 is 2.00 bits per heavy atom. The van der Waals surface area contributed by atoms with Crippen LogP contribution in [0, 0.1) is 13.8 Å². The van der Waals surface area contributed by atoms with Gasteiger partial charge in [-0.3, -0.25) is 0 Å². The van der Waals surface area contributed by atoms with E-state index in [1.165, 1.54) is 23.9 Å². The van der Waals surface area contributed by atoms with Gasteiger partial charge in [0, 0.05) is 12.3 Å². The van der Waals surface area contributed by atoms with Gasteiger partial charge in [0.15, 0.2) is 0 Å². The molecule has 0 saturated carbocycles. The van der Waals surface area contributed by atoms with Gasteiger partial charge in [0.05, 0.1) is 10.5 Å². The fraction of sp³-hybridized carbons (Fsp3) is 0.417. The van der Waals surface area contributed by atoms with Crippen LogP contribution in [0.5, 0.6) is 0 Å². The molecule has 0 aliphatic heterocycles. The van der Waals surface area contributed by atoms with Gasteiger partial charge < -0.3 is 5.11 Å². The zero-order valence-electron chi connectivity index (χ0n) is 11.1. The summed E-state index contributed by atoms with van der Waals surface area (Å²) < 4.78 is 26.8. The Hall–Kier alpha value is -1.05. The lowest BCUT2D eigenvalue weighted by Crippen LogP contribution is -2.27. The predicted molar refractivity (Wildman–Crippen MR) is 76.4 cm³/mol. The number of benzene rings is 1. The standard InChI is InChI=1S/C12H17NO4S2/c1-8-6-10(12(14)15)7-11(9(8)2)19(16,17)13-4-5-18-3/h6-7,13H,4-5H2,1-3H3,(H,14,15). The van der Waals surface area contributed by atoms with Crippen molar-refractivity contribution in [2.24, 2.45) is 0 Å². The third kappa shape index (κ3) is 3.95. The van der Waals surface area contributed by atoms with Gasteiger partial charge in [-0.25, -0.2) is 17.9 Å². The van der Waals surface area contributed by atoms with E-state index in [0.29, 0.717) is 23.4 Å². The first-order valence-electron chi connectivity index (χ1n) is 5.62. The van der Waals surface area contributed by atoms with Crippen LogP contribution in [0.2, 0.25) is 0 Å². The maximum absolute atomic E-state index is 12.1. The van der Waals surface area contributed by atoms with E-state index in [1.54, 1.807) is 13.8 Å². The first-order chi connectivity index (χ1) is 8.79. The minimum atomic E-state index is -3.67. The highest BCUT2D eigenvalue weighted by atomic mass is 32.2. The molecule has 0 atom stereocenters. The number of hydrogen-bond acceptors (Lipinski definition) is 4. The maximum Gasteiger partial charge on any atom is 0.335 e. The zero-order chi connectivity index (χ0) is 14.6. The van der Waals surface area contributed by atoms with Crippen LogP contribution in [0.4, 0.5) is 0 Å². The van der Waals surface area contributed by atoms with Crippen molar-refractivity contribution in [3.05, 3.63) is 28.8 Å². The highest BCUT2D eigenvalue weighted by Gasteiger charge is 2.20. The molecule has 106 valence electrons. The smallest absolute Gasteiger partial charge is 0.335 e. The van der Waals surface area contributed by atoms with E-state index < -0.39 is 16.0 Å². The Balaban J connectivity index is 3.21. The van der Waals surface area contributed by atoms with E-state index in [1.807, 2.05) is 6.26 Å². The largest absolute Gasteiger partial charge is 0.478 e. The SMILES string of the molecule is CSCCNS(=O)(=O)c1cc(C(=O)O)cc(C)c1C.